The van der Waals surface area contributed by atoms with Gasteiger partial charge in [0, 0.05) is 29.3 Å². The SMILES string of the molecule is Cn1c(SCC(=O)c2ccc(I)cc2)nnc1N1CCOCC1. The van der Waals surface area contributed by atoms with E-state index in [4.69, 9.17) is 4.74 Å². The van der Waals surface area contributed by atoms with Gasteiger partial charge in [-0.05, 0) is 34.7 Å². The molecular weight excluding hydrogens is 427 g/mol. The van der Waals surface area contributed by atoms with Crippen LogP contribution in [0.5, 0.6) is 0 Å². The van der Waals surface area contributed by atoms with E-state index < -0.39 is 0 Å². The normalized spacial score (nSPS) is 15.0. The third-order valence-electron chi connectivity index (χ3n) is 3.60. The van der Waals surface area contributed by atoms with Crippen molar-refractivity contribution in [1.29, 1.82) is 0 Å². The molecule has 1 aromatic heterocycles. The lowest BCUT2D eigenvalue weighted by molar-refractivity contribution is 0.102. The molecule has 1 aromatic carbocycles. The maximum atomic E-state index is 12.2. The average molecular weight is 444 g/mol. The summed E-state index contributed by atoms with van der Waals surface area (Å²) in [6, 6.07) is 7.61. The number of hydrogen-bond donors (Lipinski definition) is 0. The van der Waals surface area contributed by atoms with Gasteiger partial charge in [-0.25, -0.2) is 0 Å². The van der Waals surface area contributed by atoms with Gasteiger partial charge in [0.05, 0.1) is 19.0 Å². The fraction of sp³-hybridized carbons (Fsp3) is 0.400. The van der Waals surface area contributed by atoms with Crippen molar-refractivity contribution in [2.45, 2.75) is 5.16 Å². The van der Waals surface area contributed by atoms with E-state index in [1.807, 2.05) is 35.9 Å². The Hall–Kier alpha value is -1.13. The van der Waals surface area contributed by atoms with Gasteiger partial charge in [0.25, 0.3) is 0 Å². The number of rotatable bonds is 5. The minimum absolute atomic E-state index is 0.0994. The molecule has 0 unspecified atom stereocenters. The highest BCUT2D eigenvalue weighted by Gasteiger charge is 2.19. The summed E-state index contributed by atoms with van der Waals surface area (Å²) in [4.78, 5) is 14.4. The van der Waals surface area contributed by atoms with Crippen LogP contribution in [-0.4, -0.2) is 52.6 Å². The highest BCUT2D eigenvalue weighted by Crippen LogP contribution is 2.22. The zero-order chi connectivity index (χ0) is 16.2. The van der Waals surface area contributed by atoms with E-state index in [1.165, 1.54) is 11.8 Å². The lowest BCUT2D eigenvalue weighted by Gasteiger charge is -2.27. The molecule has 0 atom stereocenters. The van der Waals surface area contributed by atoms with Gasteiger partial charge in [-0.15, -0.1) is 10.2 Å². The van der Waals surface area contributed by atoms with Crippen LogP contribution < -0.4 is 4.90 Å². The summed E-state index contributed by atoms with van der Waals surface area (Å²) < 4.78 is 8.42. The van der Waals surface area contributed by atoms with Crippen LogP contribution in [0.4, 0.5) is 5.95 Å². The van der Waals surface area contributed by atoms with Crippen LogP contribution in [0.25, 0.3) is 0 Å². The number of carbonyl (C=O) groups excluding carboxylic acids is 1. The van der Waals surface area contributed by atoms with E-state index in [0.717, 1.165) is 33.3 Å². The minimum atomic E-state index is 0.0994. The Balaban J connectivity index is 1.63. The number of anilines is 1. The molecule has 1 aliphatic heterocycles. The predicted molar refractivity (Wildman–Crippen MR) is 98.2 cm³/mol. The lowest BCUT2D eigenvalue weighted by atomic mass is 10.2. The van der Waals surface area contributed by atoms with Crippen molar-refractivity contribution in [3.05, 3.63) is 33.4 Å². The molecule has 2 aromatic rings. The van der Waals surface area contributed by atoms with Crippen LogP contribution in [0.3, 0.4) is 0 Å². The van der Waals surface area contributed by atoms with Gasteiger partial charge in [0.1, 0.15) is 0 Å². The standard InChI is InChI=1S/C15H17IN4O2S/c1-19-14(20-6-8-22-9-7-20)17-18-15(19)23-10-13(21)11-2-4-12(16)5-3-11/h2-5H,6-10H2,1H3. The number of carbonyl (C=O) groups is 1. The Kier molecular flexibility index (Phi) is 5.54. The van der Waals surface area contributed by atoms with Gasteiger partial charge in [-0.3, -0.25) is 9.36 Å². The van der Waals surface area contributed by atoms with Crippen molar-refractivity contribution in [2.75, 3.05) is 37.0 Å². The predicted octanol–water partition coefficient (Wildman–Crippen LogP) is 2.23. The molecule has 0 radical (unpaired) electrons. The van der Waals surface area contributed by atoms with Crippen LogP contribution >= 0.6 is 34.4 Å². The summed E-state index contributed by atoms with van der Waals surface area (Å²) >= 11 is 3.65. The maximum absolute atomic E-state index is 12.2. The second-order valence-electron chi connectivity index (χ2n) is 5.16. The topological polar surface area (TPSA) is 60.2 Å². The molecule has 0 amide bonds. The summed E-state index contributed by atoms with van der Waals surface area (Å²) in [7, 11) is 1.93. The first-order valence-corrected chi connectivity index (χ1v) is 9.35. The van der Waals surface area contributed by atoms with E-state index in [1.54, 1.807) is 0 Å². The minimum Gasteiger partial charge on any atom is -0.378 e. The van der Waals surface area contributed by atoms with Crippen LogP contribution in [0.1, 0.15) is 10.4 Å². The number of Topliss-reactive ketones (excluding diaryl/α,β-unsaturated/α-hetero) is 1. The molecule has 23 heavy (non-hydrogen) atoms. The summed E-state index contributed by atoms with van der Waals surface area (Å²) in [6.45, 7) is 3.05. The number of aromatic nitrogens is 3. The third kappa shape index (κ3) is 4.04. The Morgan fingerprint density at radius 3 is 2.65 bits per heavy atom. The molecule has 8 heteroatoms. The first kappa shape index (κ1) is 16.7. The summed E-state index contributed by atoms with van der Waals surface area (Å²) in [6.07, 6.45) is 0. The lowest BCUT2D eigenvalue weighted by Crippen LogP contribution is -2.37. The van der Waals surface area contributed by atoms with Gasteiger partial charge in [0.15, 0.2) is 10.9 Å². The average Bonchev–Trinajstić information content (AvgIpc) is 2.95. The molecule has 1 aliphatic rings. The molecule has 0 spiro atoms. The van der Waals surface area contributed by atoms with Crippen molar-refractivity contribution in [3.63, 3.8) is 0 Å². The van der Waals surface area contributed by atoms with Crippen molar-refractivity contribution >= 4 is 46.1 Å². The van der Waals surface area contributed by atoms with Crippen molar-refractivity contribution in [1.82, 2.24) is 14.8 Å². The summed E-state index contributed by atoms with van der Waals surface area (Å²) in [5.41, 5.74) is 0.730. The number of ether oxygens (including phenoxy) is 1. The highest BCUT2D eigenvalue weighted by atomic mass is 127. The highest BCUT2D eigenvalue weighted by molar-refractivity contribution is 14.1. The quantitative estimate of drug-likeness (QED) is 0.401. The van der Waals surface area contributed by atoms with Gasteiger partial charge >= 0.3 is 0 Å². The molecule has 122 valence electrons. The molecule has 1 saturated heterocycles. The van der Waals surface area contributed by atoms with Crippen LogP contribution in [0, 0.1) is 3.57 Å². The number of morpholine rings is 1. The van der Waals surface area contributed by atoms with Gasteiger partial charge in [-0.1, -0.05) is 23.9 Å². The first-order valence-electron chi connectivity index (χ1n) is 7.29. The monoisotopic (exact) mass is 444 g/mol. The Morgan fingerprint density at radius 1 is 1.26 bits per heavy atom. The maximum Gasteiger partial charge on any atom is 0.227 e. The smallest absolute Gasteiger partial charge is 0.227 e. The number of halogens is 1. The largest absolute Gasteiger partial charge is 0.378 e. The Morgan fingerprint density at radius 2 is 1.96 bits per heavy atom. The van der Waals surface area contributed by atoms with Crippen LogP contribution in [0.2, 0.25) is 0 Å². The van der Waals surface area contributed by atoms with Crippen molar-refractivity contribution < 1.29 is 9.53 Å². The van der Waals surface area contributed by atoms with Crippen molar-refractivity contribution in [3.8, 4) is 0 Å². The number of benzene rings is 1. The van der Waals surface area contributed by atoms with E-state index in [2.05, 4.69) is 37.7 Å². The Bertz CT molecular complexity index is 683. The number of ketones is 1. The van der Waals surface area contributed by atoms with Crippen LogP contribution in [-0.2, 0) is 11.8 Å². The number of thioether (sulfide) groups is 1. The summed E-state index contributed by atoms with van der Waals surface area (Å²) in [5, 5.41) is 9.22. The third-order valence-corrected chi connectivity index (χ3v) is 5.34. The van der Waals surface area contributed by atoms with E-state index in [9.17, 15) is 4.79 Å². The molecule has 0 saturated carbocycles. The zero-order valence-corrected chi connectivity index (χ0v) is 15.7. The Labute approximate surface area is 152 Å². The molecule has 0 aliphatic carbocycles. The molecule has 0 bridgehead atoms. The first-order chi connectivity index (χ1) is 11.1. The zero-order valence-electron chi connectivity index (χ0n) is 12.7. The molecule has 3 rings (SSSR count). The van der Waals surface area contributed by atoms with Gasteiger partial charge in [-0.2, -0.15) is 0 Å². The number of nitrogens with zero attached hydrogens (tertiary/aromatic N) is 4. The molecule has 6 nitrogen and oxygen atoms in total. The fourth-order valence-corrected chi connectivity index (χ4v) is 3.48. The van der Waals surface area contributed by atoms with E-state index in [-0.39, 0.29) is 5.78 Å². The fourth-order valence-electron chi connectivity index (χ4n) is 2.32. The van der Waals surface area contributed by atoms with Gasteiger partial charge in [0.2, 0.25) is 5.95 Å². The van der Waals surface area contributed by atoms with Gasteiger partial charge < -0.3 is 9.64 Å². The van der Waals surface area contributed by atoms with E-state index >= 15 is 0 Å². The number of hydrogen-bond acceptors (Lipinski definition) is 6. The second kappa shape index (κ2) is 7.63. The molecule has 2 heterocycles. The molecular formula is C15H17IN4O2S. The second-order valence-corrected chi connectivity index (χ2v) is 7.35. The molecule has 0 N–H and O–H groups in total. The van der Waals surface area contributed by atoms with Crippen LogP contribution in [0.15, 0.2) is 29.4 Å². The van der Waals surface area contributed by atoms with E-state index in [0.29, 0.717) is 19.0 Å². The summed E-state index contributed by atoms with van der Waals surface area (Å²) in [5.74, 6) is 1.29. The van der Waals surface area contributed by atoms with Crippen molar-refractivity contribution in [2.24, 2.45) is 7.05 Å². The molecule has 1 fully saturated rings.